The van der Waals surface area contributed by atoms with Gasteiger partial charge in [-0.25, -0.2) is 14.2 Å². The van der Waals surface area contributed by atoms with Gasteiger partial charge in [-0.05, 0) is 37.6 Å². The van der Waals surface area contributed by atoms with E-state index in [1.165, 1.54) is 23.1 Å². The van der Waals surface area contributed by atoms with Gasteiger partial charge in [0.15, 0.2) is 0 Å². The maximum Gasteiger partial charge on any atom is 0.318 e. The second kappa shape index (κ2) is 11.2. The standard InChI is InChI=1S/C24H28ClFN4O3/c1-16(2)27-24(32)29(12-13-33-3)15-23(31)30-22(17-8-10-18(25)11-9-17)14-21(28-30)19-6-4-5-7-20(19)26/h4-11,16,22H,12-15H2,1-3H3,(H,27,32)/t22-/m0/s1. The van der Waals surface area contributed by atoms with Crippen LogP contribution in [0.4, 0.5) is 9.18 Å². The molecule has 176 valence electrons. The van der Waals surface area contributed by atoms with Crippen LogP contribution in [-0.4, -0.2) is 60.4 Å². The highest BCUT2D eigenvalue weighted by molar-refractivity contribution is 6.30. The Balaban J connectivity index is 1.89. The number of nitrogens with zero attached hydrogens (tertiary/aromatic N) is 3. The molecule has 1 N–H and O–H groups in total. The molecule has 1 heterocycles. The highest BCUT2D eigenvalue weighted by Crippen LogP contribution is 2.34. The van der Waals surface area contributed by atoms with Crippen LogP contribution in [0.3, 0.4) is 0 Å². The van der Waals surface area contributed by atoms with Gasteiger partial charge in [-0.3, -0.25) is 4.79 Å². The number of hydrogen-bond donors (Lipinski definition) is 1. The van der Waals surface area contributed by atoms with E-state index >= 15 is 0 Å². The molecule has 1 aliphatic rings. The van der Waals surface area contributed by atoms with E-state index in [1.807, 2.05) is 26.0 Å². The second-order valence-corrected chi connectivity index (χ2v) is 8.49. The number of rotatable bonds is 8. The van der Waals surface area contributed by atoms with Crippen molar-refractivity contribution < 1.29 is 18.7 Å². The van der Waals surface area contributed by atoms with Crippen molar-refractivity contribution >= 4 is 29.3 Å². The number of hydrogen-bond acceptors (Lipinski definition) is 4. The number of carbonyl (C=O) groups is 2. The zero-order valence-corrected chi connectivity index (χ0v) is 19.7. The first kappa shape index (κ1) is 24.7. The Morgan fingerprint density at radius 1 is 1.24 bits per heavy atom. The minimum Gasteiger partial charge on any atom is -0.383 e. The quantitative estimate of drug-likeness (QED) is 0.622. The van der Waals surface area contributed by atoms with Gasteiger partial charge in [-0.15, -0.1) is 0 Å². The second-order valence-electron chi connectivity index (χ2n) is 8.05. The molecule has 3 amide bonds. The van der Waals surface area contributed by atoms with Crippen molar-refractivity contribution in [3.05, 3.63) is 70.5 Å². The Labute approximate surface area is 198 Å². The molecular weight excluding hydrogens is 447 g/mol. The van der Waals surface area contributed by atoms with Crippen molar-refractivity contribution in [2.24, 2.45) is 5.10 Å². The Morgan fingerprint density at radius 2 is 1.94 bits per heavy atom. The van der Waals surface area contributed by atoms with Gasteiger partial charge in [0, 0.05) is 36.7 Å². The van der Waals surface area contributed by atoms with Crippen LogP contribution in [0.5, 0.6) is 0 Å². The van der Waals surface area contributed by atoms with Crippen LogP contribution in [-0.2, 0) is 9.53 Å². The summed E-state index contributed by atoms with van der Waals surface area (Å²) in [7, 11) is 1.53. The first-order chi connectivity index (χ1) is 15.8. The zero-order chi connectivity index (χ0) is 24.0. The molecule has 3 rings (SSSR count). The average molecular weight is 475 g/mol. The molecule has 0 radical (unpaired) electrons. The molecule has 0 aromatic heterocycles. The summed E-state index contributed by atoms with van der Waals surface area (Å²) in [6, 6.07) is 12.6. The fraction of sp³-hybridized carbons (Fsp3) is 0.375. The van der Waals surface area contributed by atoms with Crippen LogP contribution in [0.1, 0.15) is 37.4 Å². The van der Waals surface area contributed by atoms with E-state index in [-0.39, 0.29) is 37.7 Å². The van der Waals surface area contributed by atoms with Gasteiger partial charge in [0.1, 0.15) is 12.4 Å². The summed E-state index contributed by atoms with van der Waals surface area (Å²) in [5.41, 5.74) is 1.63. The molecular formula is C24H28ClFN4O3. The molecule has 33 heavy (non-hydrogen) atoms. The highest BCUT2D eigenvalue weighted by Gasteiger charge is 2.35. The lowest BCUT2D eigenvalue weighted by atomic mass is 9.98. The SMILES string of the molecule is COCCN(CC(=O)N1N=C(c2ccccc2F)C[C@H]1c1ccc(Cl)cc1)C(=O)NC(C)C. The van der Waals surface area contributed by atoms with Crippen molar-refractivity contribution in [1.82, 2.24) is 15.2 Å². The molecule has 0 saturated carbocycles. The van der Waals surface area contributed by atoms with Crippen molar-refractivity contribution in [3.8, 4) is 0 Å². The van der Waals surface area contributed by atoms with Crippen molar-refractivity contribution in [2.75, 3.05) is 26.8 Å². The normalized spacial score (nSPS) is 15.5. The largest absolute Gasteiger partial charge is 0.383 e. The summed E-state index contributed by atoms with van der Waals surface area (Å²) in [4.78, 5) is 27.4. The number of hydrazone groups is 1. The van der Waals surface area contributed by atoms with Crippen molar-refractivity contribution in [3.63, 3.8) is 0 Å². The van der Waals surface area contributed by atoms with Crippen LogP contribution in [0, 0.1) is 5.82 Å². The summed E-state index contributed by atoms with van der Waals surface area (Å²) in [6.07, 6.45) is 0.338. The smallest absolute Gasteiger partial charge is 0.318 e. The van der Waals surface area contributed by atoms with E-state index < -0.39 is 11.9 Å². The molecule has 0 unspecified atom stereocenters. The molecule has 0 fully saturated rings. The van der Waals surface area contributed by atoms with E-state index in [1.54, 1.807) is 30.3 Å². The molecule has 7 nitrogen and oxygen atoms in total. The third-order valence-corrected chi connectivity index (χ3v) is 5.45. The number of ether oxygens (including phenoxy) is 1. The Hall–Kier alpha value is -2.97. The fourth-order valence-electron chi connectivity index (χ4n) is 3.57. The number of halogens is 2. The van der Waals surface area contributed by atoms with Gasteiger partial charge in [-0.1, -0.05) is 41.9 Å². The van der Waals surface area contributed by atoms with Crippen molar-refractivity contribution in [1.29, 1.82) is 0 Å². The molecule has 2 aromatic rings. The van der Waals surface area contributed by atoms with E-state index in [2.05, 4.69) is 10.4 Å². The number of carbonyl (C=O) groups excluding carboxylic acids is 2. The number of urea groups is 1. The summed E-state index contributed by atoms with van der Waals surface area (Å²) in [6.45, 7) is 4.01. The van der Waals surface area contributed by atoms with Crippen LogP contribution in [0.15, 0.2) is 53.6 Å². The Kier molecular flexibility index (Phi) is 8.41. The maximum absolute atomic E-state index is 14.5. The minimum atomic E-state index is -0.443. The molecule has 0 saturated heterocycles. The molecule has 0 bridgehead atoms. The van der Waals surface area contributed by atoms with Gasteiger partial charge in [0.2, 0.25) is 0 Å². The topological polar surface area (TPSA) is 74.2 Å². The molecule has 0 aliphatic carbocycles. The summed E-state index contributed by atoms with van der Waals surface area (Å²) in [5.74, 6) is -0.783. The lowest BCUT2D eigenvalue weighted by Gasteiger charge is -2.27. The summed E-state index contributed by atoms with van der Waals surface area (Å²) in [5, 5.41) is 9.20. The lowest BCUT2D eigenvalue weighted by Crippen LogP contribution is -2.48. The van der Waals surface area contributed by atoms with Gasteiger partial charge in [0.25, 0.3) is 5.91 Å². The van der Waals surface area contributed by atoms with Crippen LogP contribution < -0.4 is 5.32 Å². The summed E-state index contributed by atoms with van der Waals surface area (Å²) >= 11 is 6.03. The molecule has 9 heteroatoms. The molecule has 1 aliphatic heterocycles. The number of methoxy groups -OCH3 is 1. The van der Waals surface area contributed by atoms with E-state index in [0.29, 0.717) is 22.7 Å². The van der Waals surface area contributed by atoms with Crippen molar-refractivity contribution in [2.45, 2.75) is 32.4 Å². The monoisotopic (exact) mass is 474 g/mol. The van der Waals surface area contributed by atoms with Gasteiger partial charge < -0.3 is 15.0 Å². The van der Waals surface area contributed by atoms with Gasteiger partial charge in [-0.2, -0.15) is 5.10 Å². The lowest BCUT2D eigenvalue weighted by molar-refractivity contribution is -0.133. The minimum absolute atomic E-state index is 0.0862. The van der Waals surface area contributed by atoms with E-state index in [0.717, 1.165) is 5.56 Å². The van der Waals surface area contributed by atoms with E-state index in [4.69, 9.17) is 16.3 Å². The Bertz CT molecular complexity index is 1010. The first-order valence-corrected chi connectivity index (χ1v) is 11.1. The Morgan fingerprint density at radius 3 is 2.58 bits per heavy atom. The van der Waals surface area contributed by atoms with Crippen LogP contribution in [0.25, 0.3) is 0 Å². The summed E-state index contributed by atoms with van der Waals surface area (Å²) < 4.78 is 19.5. The fourth-order valence-corrected chi connectivity index (χ4v) is 3.70. The third kappa shape index (κ3) is 6.30. The zero-order valence-electron chi connectivity index (χ0n) is 18.9. The predicted molar refractivity (Wildman–Crippen MR) is 126 cm³/mol. The highest BCUT2D eigenvalue weighted by atomic mass is 35.5. The third-order valence-electron chi connectivity index (χ3n) is 5.20. The molecule has 1 atom stereocenters. The first-order valence-electron chi connectivity index (χ1n) is 10.7. The van der Waals surface area contributed by atoms with Crippen LogP contribution in [0.2, 0.25) is 5.02 Å². The van der Waals surface area contributed by atoms with E-state index in [9.17, 15) is 14.0 Å². The predicted octanol–water partition coefficient (Wildman–Crippen LogP) is 4.22. The van der Waals surface area contributed by atoms with Crippen LogP contribution >= 0.6 is 11.6 Å². The molecule has 0 spiro atoms. The molecule has 2 aromatic carbocycles. The number of benzene rings is 2. The van der Waals surface area contributed by atoms with Gasteiger partial charge in [0.05, 0.1) is 18.4 Å². The van der Waals surface area contributed by atoms with Gasteiger partial charge >= 0.3 is 6.03 Å². The average Bonchev–Trinajstić information content (AvgIpc) is 3.22. The maximum atomic E-state index is 14.5. The number of nitrogens with one attached hydrogen (secondary N) is 1. The number of amides is 3.